The van der Waals surface area contributed by atoms with Crippen molar-refractivity contribution in [3.05, 3.63) is 176 Å². The molecule has 0 aliphatic rings. The molecule has 0 saturated carbocycles. The lowest BCUT2D eigenvalue weighted by Crippen LogP contribution is -2.00. The number of nitrogens with zero attached hydrogens (tertiary/aromatic N) is 5. The van der Waals surface area contributed by atoms with E-state index in [-0.39, 0.29) is 0 Å². The Morgan fingerprint density at radius 3 is 1.65 bits per heavy atom. The van der Waals surface area contributed by atoms with Crippen LogP contribution in [0.1, 0.15) is 0 Å². The monoisotopic (exact) mass is 627 g/mol. The Morgan fingerprint density at radius 2 is 0.939 bits per heavy atom. The van der Waals surface area contributed by atoms with E-state index in [0.29, 0.717) is 0 Å². The fourth-order valence-electron chi connectivity index (χ4n) is 7.48. The Balaban J connectivity index is 1.23. The van der Waals surface area contributed by atoms with Crippen LogP contribution in [0, 0.1) is 0 Å². The van der Waals surface area contributed by atoms with Crippen LogP contribution in [0.3, 0.4) is 0 Å². The minimum Gasteiger partial charge on any atom is -0.309 e. The normalized spacial score (nSPS) is 11.7. The third-order valence-electron chi connectivity index (χ3n) is 9.60. The van der Waals surface area contributed by atoms with Crippen LogP contribution in [0.5, 0.6) is 0 Å². The molecule has 0 atom stereocenters. The first-order valence-electron chi connectivity index (χ1n) is 16.5. The smallest absolute Gasteiger partial charge is 0.121 e. The minimum absolute atomic E-state index is 0.851. The Hall–Kier alpha value is -6.72. The van der Waals surface area contributed by atoms with Gasteiger partial charge in [-0.2, -0.15) is 0 Å². The van der Waals surface area contributed by atoms with Crippen LogP contribution in [0.25, 0.3) is 83.2 Å². The number of rotatable bonds is 5. The van der Waals surface area contributed by atoms with Crippen molar-refractivity contribution in [1.82, 2.24) is 24.1 Å². The van der Waals surface area contributed by atoms with Crippen molar-refractivity contribution in [3.8, 4) is 39.6 Å². The van der Waals surface area contributed by atoms with Crippen molar-refractivity contribution >= 4 is 43.6 Å². The van der Waals surface area contributed by atoms with Gasteiger partial charge in [0.15, 0.2) is 0 Å². The maximum absolute atomic E-state index is 4.69. The summed E-state index contributed by atoms with van der Waals surface area (Å²) in [6.45, 7) is 0. The molecule has 0 spiro atoms. The molecule has 49 heavy (non-hydrogen) atoms. The highest BCUT2D eigenvalue weighted by Crippen LogP contribution is 2.42. The molecule has 10 rings (SSSR count). The molecule has 0 saturated heterocycles. The first kappa shape index (κ1) is 27.4. The van der Waals surface area contributed by atoms with Gasteiger partial charge in [-0.25, -0.2) is 4.68 Å². The Morgan fingerprint density at radius 1 is 0.367 bits per heavy atom. The number of fused-ring (bicyclic) bond motifs is 7. The zero-order chi connectivity index (χ0) is 32.3. The second kappa shape index (κ2) is 10.9. The summed E-state index contributed by atoms with van der Waals surface area (Å²) in [6, 6.07) is 62.1. The predicted molar refractivity (Wildman–Crippen MR) is 201 cm³/mol. The average Bonchev–Trinajstić information content (AvgIpc) is 3.87. The molecule has 0 radical (unpaired) electrons. The molecular formula is C44H29N5. The topological polar surface area (TPSA) is 40.6 Å². The van der Waals surface area contributed by atoms with Gasteiger partial charge in [0, 0.05) is 44.0 Å². The fourth-order valence-corrected chi connectivity index (χ4v) is 7.48. The molecular weight excluding hydrogens is 599 g/mol. The van der Waals surface area contributed by atoms with Gasteiger partial charge in [-0.15, -0.1) is 5.10 Å². The van der Waals surface area contributed by atoms with E-state index < -0.39 is 0 Å². The van der Waals surface area contributed by atoms with Crippen LogP contribution in [-0.2, 0) is 0 Å². The molecule has 0 unspecified atom stereocenters. The second-order valence-electron chi connectivity index (χ2n) is 12.3. The Kier molecular flexibility index (Phi) is 6.11. The quantitative estimate of drug-likeness (QED) is 0.190. The summed E-state index contributed by atoms with van der Waals surface area (Å²) in [7, 11) is 0. The van der Waals surface area contributed by atoms with Crippen LogP contribution >= 0.6 is 0 Å². The molecule has 0 N–H and O–H groups in total. The van der Waals surface area contributed by atoms with Gasteiger partial charge in [-0.1, -0.05) is 127 Å². The largest absolute Gasteiger partial charge is 0.309 e. The van der Waals surface area contributed by atoms with Crippen molar-refractivity contribution in [2.24, 2.45) is 0 Å². The number of para-hydroxylation sites is 4. The van der Waals surface area contributed by atoms with Crippen molar-refractivity contribution in [1.29, 1.82) is 0 Å². The van der Waals surface area contributed by atoms with E-state index >= 15 is 0 Å². The van der Waals surface area contributed by atoms with Gasteiger partial charge in [0.25, 0.3) is 0 Å². The van der Waals surface area contributed by atoms with E-state index in [9.17, 15) is 0 Å². The highest BCUT2D eigenvalue weighted by molar-refractivity contribution is 6.26. The van der Waals surface area contributed by atoms with E-state index in [1.165, 1.54) is 43.6 Å². The third-order valence-corrected chi connectivity index (χ3v) is 9.60. The molecule has 0 fully saturated rings. The zero-order valence-corrected chi connectivity index (χ0v) is 26.5. The molecule has 230 valence electrons. The summed E-state index contributed by atoms with van der Waals surface area (Å²) in [5.74, 6) is 0. The summed E-state index contributed by atoms with van der Waals surface area (Å²) in [6.07, 6.45) is 0. The van der Waals surface area contributed by atoms with Crippen LogP contribution < -0.4 is 0 Å². The highest BCUT2D eigenvalue weighted by Gasteiger charge is 2.22. The summed E-state index contributed by atoms with van der Waals surface area (Å²) in [4.78, 5) is 0. The van der Waals surface area contributed by atoms with Crippen LogP contribution in [-0.4, -0.2) is 24.1 Å². The SMILES string of the molecule is c1ccc(-c2nnn(-c3ccccc3)c2-c2ccc(-n3c4ccccc4c4ccc5c(c6ccccc6n5-c5ccccc5)c43)cc2)cc1. The summed E-state index contributed by atoms with van der Waals surface area (Å²) < 4.78 is 6.77. The average molecular weight is 628 g/mol. The number of hydrogen-bond acceptors (Lipinski definition) is 2. The van der Waals surface area contributed by atoms with Crippen molar-refractivity contribution in [3.63, 3.8) is 0 Å². The van der Waals surface area contributed by atoms with Crippen molar-refractivity contribution in [2.75, 3.05) is 0 Å². The van der Waals surface area contributed by atoms with E-state index in [1.807, 2.05) is 41.1 Å². The van der Waals surface area contributed by atoms with Crippen molar-refractivity contribution in [2.45, 2.75) is 0 Å². The maximum atomic E-state index is 4.69. The molecule has 0 aliphatic carbocycles. The van der Waals surface area contributed by atoms with Gasteiger partial charge in [0.05, 0.1) is 27.8 Å². The minimum atomic E-state index is 0.851. The number of hydrogen-bond donors (Lipinski definition) is 0. The van der Waals surface area contributed by atoms with E-state index in [2.05, 4.69) is 159 Å². The zero-order valence-electron chi connectivity index (χ0n) is 26.5. The standard InChI is InChI=1S/C44H29N5/c1-4-14-30(15-5-1)42-43(49(46-45-42)34-18-8-3-9-19-34)31-24-26-33(27-25-31)48-38-22-12-10-20-35(38)36-28-29-40-41(44(36)48)37-21-11-13-23-39(37)47(40)32-16-6-2-7-17-32/h1-29H. The third kappa shape index (κ3) is 4.19. The maximum Gasteiger partial charge on any atom is 0.121 e. The number of benzene rings is 7. The van der Waals surface area contributed by atoms with Crippen LogP contribution in [0.2, 0.25) is 0 Å². The van der Waals surface area contributed by atoms with E-state index in [4.69, 9.17) is 0 Å². The molecule has 5 heteroatoms. The van der Waals surface area contributed by atoms with Gasteiger partial charge in [0.2, 0.25) is 0 Å². The first-order chi connectivity index (χ1) is 24.3. The molecule has 0 aliphatic heterocycles. The second-order valence-corrected chi connectivity index (χ2v) is 12.3. The lowest BCUT2D eigenvalue weighted by molar-refractivity contribution is 0.808. The van der Waals surface area contributed by atoms with Crippen LogP contribution in [0.15, 0.2) is 176 Å². The van der Waals surface area contributed by atoms with E-state index in [0.717, 1.165) is 39.6 Å². The summed E-state index contributed by atoms with van der Waals surface area (Å²) in [5, 5.41) is 14.3. The van der Waals surface area contributed by atoms with Gasteiger partial charge in [0.1, 0.15) is 11.4 Å². The fraction of sp³-hybridized carbons (Fsp3) is 0. The lowest BCUT2D eigenvalue weighted by atomic mass is 10.0. The Labute approximate surface area is 282 Å². The molecule has 0 amide bonds. The summed E-state index contributed by atoms with van der Waals surface area (Å²) in [5.41, 5.74) is 11.9. The number of aromatic nitrogens is 5. The van der Waals surface area contributed by atoms with Gasteiger partial charge in [-0.3, -0.25) is 0 Å². The van der Waals surface area contributed by atoms with E-state index in [1.54, 1.807) is 0 Å². The molecule has 5 nitrogen and oxygen atoms in total. The molecule has 3 aromatic heterocycles. The lowest BCUT2D eigenvalue weighted by Gasteiger charge is -2.12. The van der Waals surface area contributed by atoms with Crippen LogP contribution in [0.4, 0.5) is 0 Å². The highest BCUT2D eigenvalue weighted by atomic mass is 15.4. The molecule has 3 heterocycles. The molecule has 7 aromatic carbocycles. The molecule has 10 aromatic rings. The van der Waals surface area contributed by atoms with Gasteiger partial charge < -0.3 is 9.13 Å². The Bertz CT molecular complexity index is 2730. The first-order valence-corrected chi connectivity index (χ1v) is 16.5. The van der Waals surface area contributed by atoms with Gasteiger partial charge in [-0.05, 0) is 54.6 Å². The summed E-state index contributed by atoms with van der Waals surface area (Å²) >= 11 is 0. The predicted octanol–water partition coefficient (Wildman–Crippen LogP) is 10.8. The molecule has 0 bridgehead atoms. The van der Waals surface area contributed by atoms with Crippen molar-refractivity contribution < 1.29 is 0 Å². The van der Waals surface area contributed by atoms with Gasteiger partial charge >= 0.3 is 0 Å².